The quantitative estimate of drug-likeness (QED) is 0.830. The molecule has 0 saturated heterocycles. The number of fused-ring (bicyclic) bond motifs is 1. The molecule has 2 heterocycles. The molecule has 92 valence electrons. The van der Waals surface area contributed by atoms with Gasteiger partial charge < -0.3 is 15.5 Å². The number of likely N-dealkylation sites (N-methyl/N-ethyl adjacent to an activating group) is 1. The van der Waals surface area contributed by atoms with E-state index < -0.39 is 0 Å². The van der Waals surface area contributed by atoms with Crippen molar-refractivity contribution < 1.29 is 0 Å². The summed E-state index contributed by atoms with van der Waals surface area (Å²) in [6.07, 6.45) is 1.70. The van der Waals surface area contributed by atoms with Crippen LogP contribution in [0, 0.1) is 0 Å². The number of anilines is 4. The third-order valence-electron chi connectivity index (χ3n) is 3.29. The average Bonchev–Trinajstić information content (AvgIpc) is 2.41. The lowest BCUT2D eigenvalue weighted by Crippen LogP contribution is -2.36. The van der Waals surface area contributed by atoms with Crippen LogP contribution in [0.25, 0.3) is 0 Å². The maximum absolute atomic E-state index is 5.68. The van der Waals surface area contributed by atoms with Crippen molar-refractivity contribution in [1.82, 2.24) is 4.98 Å². The molecule has 18 heavy (non-hydrogen) atoms. The molecule has 0 fully saturated rings. The molecule has 1 aromatic heterocycles. The van der Waals surface area contributed by atoms with Crippen LogP contribution in [0.2, 0.25) is 0 Å². The summed E-state index contributed by atoms with van der Waals surface area (Å²) in [5, 5.41) is 0. The second-order valence-corrected chi connectivity index (χ2v) is 4.51. The molecule has 0 unspecified atom stereocenters. The molecule has 0 bridgehead atoms. The molecular formula is C14H16N4. The molecule has 0 saturated carbocycles. The van der Waals surface area contributed by atoms with Crippen LogP contribution < -0.4 is 15.5 Å². The highest BCUT2D eigenvalue weighted by atomic mass is 15.3. The van der Waals surface area contributed by atoms with Crippen molar-refractivity contribution in [3.63, 3.8) is 0 Å². The van der Waals surface area contributed by atoms with Crippen LogP contribution in [0.1, 0.15) is 0 Å². The number of benzene rings is 1. The summed E-state index contributed by atoms with van der Waals surface area (Å²) >= 11 is 0. The Labute approximate surface area is 107 Å². The molecule has 3 rings (SSSR count). The second-order valence-electron chi connectivity index (χ2n) is 4.51. The molecule has 0 radical (unpaired) electrons. The molecule has 0 aliphatic carbocycles. The first kappa shape index (κ1) is 10.9. The van der Waals surface area contributed by atoms with Gasteiger partial charge in [-0.3, -0.25) is 0 Å². The van der Waals surface area contributed by atoms with Crippen LogP contribution in [0.5, 0.6) is 0 Å². The Kier molecular flexibility index (Phi) is 2.55. The molecule has 4 heteroatoms. The van der Waals surface area contributed by atoms with Crippen molar-refractivity contribution in [2.45, 2.75) is 0 Å². The standard InChI is InChI=1S/C14H16N4/c1-17-8-9-18(13-5-3-2-4-12(13)17)14-7-6-11(15)10-16-14/h2-7,10H,8-9,15H2,1H3. The summed E-state index contributed by atoms with van der Waals surface area (Å²) in [5.41, 5.74) is 8.82. The average molecular weight is 240 g/mol. The van der Waals surface area contributed by atoms with Gasteiger partial charge in [0.05, 0.1) is 23.3 Å². The van der Waals surface area contributed by atoms with E-state index in [1.807, 2.05) is 12.1 Å². The van der Waals surface area contributed by atoms with E-state index in [9.17, 15) is 0 Å². The zero-order valence-electron chi connectivity index (χ0n) is 10.4. The highest BCUT2D eigenvalue weighted by Gasteiger charge is 2.21. The summed E-state index contributed by atoms with van der Waals surface area (Å²) in [6, 6.07) is 12.3. The van der Waals surface area contributed by atoms with E-state index in [2.05, 4.69) is 46.1 Å². The van der Waals surface area contributed by atoms with E-state index in [0.29, 0.717) is 5.69 Å². The van der Waals surface area contributed by atoms with Crippen molar-refractivity contribution in [2.24, 2.45) is 0 Å². The van der Waals surface area contributed by atoms with E-state index in [1.54, 1.807) is 6.20 Å². The Morgan fingerprint density at radius 1 is 1.06 bits per heavy atom. The Hall–Kier alpha value is -2.23. The zero-order chi connectivity index (χ0) is 12.5. The van der Waals surface area contributed by atoms with Gasteiger partial charge in [-0.25, -0.2) is 4.98 Å². The molecule has 0 atom stereocenters. The van der Waals surface area contributed by atoms with Crippen LogP contribution in [0.15, 0.2) is 42.6 Å². The maximum Gasteiger partial charge on any atom is 0.133 e. The van der Waals surface area contributed by atoms with Crippen molar-refractivity contribution >= 4 is 22.9 Å². The number of hydrogen-bond donors (Lipinski definition) is 1. The van der Waals surface area contributed by atoms with E-state index in [0.717, 1.165) is 18.9 Å². The molecule has 4 nitrogen and oxygen atoms in total. The van der Waals surface area contributed by atoms with Crippen LogP contribution >= 0.6 is 0 Å². The maximum atomic E-state index is 5.68. The predicted molar refractivity (Wildman–Crippen MR) is 75.4 cm³/mol. The highest BCUT2D eigenvalue weighted by molar-refractivity contribution is 5.78. The predicted octanol–water partition coefficient (Wildman–Crippen LogP) is 2.25. The lowest BCUT2D eigenvalue weighted by molar-refractivity contribution is 0.813. The third kappa shape index (κ3) is 1.76. The van der Waals surface area contributed by atoms with Gasteiger partial charge in [-0.05, 0) is 24.3 Å². The van der Waals surface area contributed by atoms with Crippen LogP contribution in [0.3, 0.4) is 0 Å². The minimum atomic E-state index is 0.696. The van der Waals surface area contributed by atoms with Crippen molar-refractivity contribution in [3.05, 3.63) is 42.6 Å². The van der Waals surface area contributed by atoms with Crippen molar-refractivity contribution in [2.75, 3.05) is 35.7 Å². The summed E-state index contributed by atoms with van der Waals surface area (Å²) in [7, 11) is 2.12. The molecule has 2 aromatic rings. The Balaban J connectivity index is 2.04. The van der Waals surface area contributed by atoms with E-state index >= 15 is 0 Å². The Morgan fingerprint density at radius 2 is 1.83 bits per heavy atom. The number of nitrogens with two attached hydrogens (primary N) is 1. The van der Waals surface area contributed by atoms with Gasteiger partial charge in [-0.2, -0.15) is 0 Å². The Morgan fingerprint density at radius 3 is 2.56 bits per heavy atom. The third-order valence-corrected chi connectivity index (χ3v) is 3.29. The van der Waals surface area contributed by atoms with Gasteiger partial charge in [0.15, 0.2) is 0 Å². The topological polar surface area (TPSA) is 45.4 Å². The van der Waals surface area contributed by atoms with Gasteiger partial charge in [0.25, 0.3) is 0 Å². The first-order valence-electron chi connectivity index (χ1n) is 6.05. The molecule has 1 aliphatic heterocycles. The molecule has 0 spiro atoms. The summed E-state index contributed by atoms with van der Waals surface area (Å²) in [4.78, 5) is 8.91. The first-order valence-corrected chi connectivity index (χ1v) is 6.05. The van der Waals surface area contributed by atoms with Gasteiger partial charge in [0, 0.05) is 20.1 Å². The van der Waals surface area contributed by atoms with Gasteiger partial charge in [0.2, 0.25) is 0 Å². The number of aromatic nitrogens is 1. The largest absolute Gasteiger partial charge is 0.397 e. The van der Waals surface area contributed by atoms with Crippen LogP contribution in [-0.4, -0.2) is 25.1 Å². The van der Waals surface area contributed by atoms with Gasteiger partial charge in [-0.15, -0.1) is 0 Å². The smallest absolute Gasteiger partial charge is 0.133 e. The Bertz CT molecular complexity index is 550. The minimum absolute atomic E-state index is 0.696. The van der Waals surface area contributed by atoms with E-state index in [1.165, 1.54) is 11.4 Å². The SMILES string of the molecule is CN1CCN(c2ccc(N)cn2)c2ccccc21. The number of pyridine rings is 1. The second kappa shape index (κ2) is 4.22. The molecule has 1 aliphatic rings. The number of nitrogen functional groups attached to an aromatic ring is 1. The molecular weight excluding hydrogens is 224 g/mol. The van der Waals surface area contributed by atoms with Gasteiger partial charge in [0.1, 0.15) is 5.82 Å². The van der Waals surface area contributed by atoms with Crippen molar-refractivity contribution in [3.8, 4) is 0 Å². The monoisotopic (exact) mass is 240 g/mol. The summed E-state index contributed by atoms with van der Waals surface area (Å²) in [5.74, 6) is 0.949. The van der Waals surface area contributed by atoms with E-state index in [-0.39, 0.29) is 0 Å². The van der Waals surface area contributed by atoms with Crippen LogP contribution in [0.4, 0.5) is 22.9 Å². The highest BCUT2D eigenvalue weighted by Crippen LogP contribution is 2.35. The molecule has 0 amide bonds. The van der Waals surface area contributed by atoms with E-state index in [4.69, 9.17) is 5.73 Å². The number of para-hydroxylation sites is 2. The van der Waals surface area contributed by atoms with Gasteiger partial charge >= 0.3 is 0 Å². The molecule has 2 N–H and O–H groups in total. The first-order chi connectivity index (χ1) is 8.75. The van der Waals surface area contributed by atoms with Crippen molar-refractivity contribution in [1.29, 1.82) is 0 Å². The lowest BCUT2D eigenvalue weighted by Gasteiger charge is -2.36. The summed E-state index contributed by atoms with van der Waals surface area (Å²) < 4.78 is 0. The summed E-state index contributed by atoms with van der Waals surface area (Å²) in [6.45, 7) is 1.92. The number of nitrogens with zero attached hydrogens (tertiary/aromatic N) is 3. The minimum Gasteiger partial charge on any atom is -0.397 e. The van der Waals surface area contributed by atoms with Gasteiger partial charge in [-0.1, -0.05) is 12.1 Å². The normalized spacial score (nSPS) is 14.5. The fourth-order valence-corrected chi connectivity index (χ4v) is 2.30. The zero-order valence-corrected chi connectivity index (χ0v) is 10.4. The number of rotatable bonds is 1. The fourth-order valence-electron chi connectivity index (χ4n) is 2.30. The lowest BCUT2D eigenvalue weighted by atomic mass is 10.1. The van der Waals surface area contributed by atoms with Crippen LogP contribution in [-0.2, 0) is 0 Å². The number of hydrogen-bond acceptors (Lipinski definition) is 4. The fraction of sp³-hybridized carbons (Fsp3) is 0.214. The molecule has 1 aromatic carbocycles.